The van der Waals surface area contributed by atoms with Gasteiger partial charge < -0.3 is 4.57 Å². The van der Waals surface area contributed by atoms with Crippen molar-refractivity contribution in [3.8, 4) is 5.69 Å². The van der Waals surface area contributed by atoms with Crippen molar-refractivity contribution >= 4 is 22.6 Å². The van der Waals surface area contributed by atoms with Crippen molar-refractivity contribution in [1.82, 2.24) is 25.2 Å². The van der Waals surface area contributed by atoms with Crippen LogP contribution < -0.4 is 16.4 Å². The Morgan fingerprint density at radius 1 is 0.912 bits per heavy atom. The van der Waals surface area contributed by atoms with Gasteiger partial charge in [-0.1, -0.05) is 37.3 Å². The summed E-state index contributed by atoms with van der Waals surface area (Å²) in [6.45, 7) is 8.12. The molecular weight excluding hydrogens is 430 g/mol. The summed E-state index contributed by atoms with van der Waals surface area (Å²) < 4.78 is 3.29. The van der Waals surface area contributed by atoms with E-state index in [2.05, 4.69) is 16.0 Å². The lowest BCUT2D eigenvalue weighted by molar-refractivity contribution is 0.0843. The minimum Gasteiger partial charge on any atom is -0.318 e. The molecule has 0 unspecified atom stereocenters. The Bertz CT molecular complexity index is 1470. The first-order valence-corrected chi connectivity index (χ1v) is 11.2. The van der Waals surface area contributed by atoms with E-state index in [9.17, 15) is 14.4 Å². The van der Waals surface area contributed by atoms with E-state index in [-0.39, 0.29) is 11.3 Å². The Hall–Kier alpha value is -4.20. The zero-order valence-corrected chi connectivity index (χ0v) is 19.7. The van der Waals surface area contributed by atoms with Crippen LogP contribution in [-0.2, 0) is 6.54 Å². The van der Waals surface area contributed by atoms with E-state index in [4.69, 9.17) is 0 Å². The molecule has 0 aliphatic rings. The summed E-state index contributed by atoms with van der Waals surface area (Å²) in [5.74, 6) is -1.03. The predicted molar refractivity (Wildman–Crippen MR) is 131 cm³/mol. The zero-order chi connectivity index (χ0) is 24.4. The molecule has 2 aromatic carbocycles. The molecule has 2 N–H and O–H groups in total. The van der Waals surface area contributed by atoms with Gasteiger partial charge in [0.25, 0.3) is 17.4 Å². The summed E-state index contributed by atoms with van der Waals surface area (Å²) in [4.78, 5) is 38.6. The van der Waals surface area contributed by atoms with Crippen molar-refractivity contribution in [3.63, 3.8) is 0 Å². The number of benzene rings is 2. The second-order valence-electron chi connectivity index (χ2n) is 8.29. The molecule has 0 aliphatic heterocycles. The lowest BCUT2D eigenvalue weighted by atomic mass is 10.1. The number of nitrogens with one attached hydrogen (secondary N) is 2. The maximum absolute atomic E-state index is 13.0. The van der Waals surface area contributed by atoms with Crippen LogP contribution in [0.15, 0.2) is 59.4 Å². The monoisotopic (exact) mass is 457 g/mol. The molecule has 8 nitrogen and oxygen atoms in total. The van der Waals surface area contributed by atoms with Gasteiger partial charge in [-0.25, -0.2) is 4.68 Å². The molecule has 0 saturated carbocycles. The molecule has 0 spiro atoms. The highest BCUT2D eigenvalue weighted by Crippen LogP contribution is 2.21. The van der Waals surface area contributed by atoms with E-state index in [0.717, 1.165) is 22.6 Å². The first-order chi connectivity index (χ1) is 16.3. The van der Waals surface area contributed by atoms with Crippen molar-refractivity contribution < 1.29 is 9.59 Å². The minimum atomic E-state index is -0.595. The number of nitrogens with zero attached hydrogens (tertiary/aromatic N) is 3. The van der Waals surface area contributed by atoms with Gasteiger partial charge in [-0.05, 0) is 57.0 Å². The fourth-order valence-electron chi connectivity index (χ4n) is 4.16. The maximum atomic E-state index is 13.0. The zero-order valence-electron chi connectivity index (χ0n) is 19.7. The summed E-state index contributed by atoms with van der Waals surface area (Å²) in [5, 5.41) is 5.10. The molecule has 2 amide bonds. The summed E-state index contributed by atoms with van der Waals surface area (Å²) in [6, 6.07) is 16.6. The van der Waals surface area contributed by atoms with Crippen LogP contribution in [0, 0.1) is 20.8 Å². The number of hydrazine groups is 1. The topological polar surface area (TPSA) is 98.0 Å². The number of aromatic nitrogens is 3. The molecule has 0 fully saturated rings. The van der Waals surface area contributed by atoms with Gasteiger partial charge in [-0.2, -0.15) is 5.10 Å². The van der Waals surface area contributed by atoms with Crippen LogP contribution in [0.3, 0.4) is 0 Å². The van der Waals surface area contributed by atoms with Gasteiger partial charge in [0.2, 0.25) is 0 Å². The van der Waals surface area contributed by atoms with E-state index in [1.165, 1.54) is 4.68 Å². The quantitative estimate of drug-likeness (QED) is 0.448. The molecule has 8 heteroatoms. The van der Waals surface area contributed by atoms with Gasteiger partial charge in [-0.3, -0.25) is 25.2 Å². The van der Waals surface area contributed by atoms with Gasteiger partial charge in [0.1, 0.15) is 0 Å². The van der Waals surface area contributed by atoms with E-state index < -0.39 is 11.8 Å². The smallest absolute Gasteiger partial charge is 0.290 e. The highest BCUT2D eigenvalue weighted by atomic mass is 16.2. The molecule has 2 heterocycles. The number of hydrogen-bond donors (Lipinski definition) is 2. The van der Waals surface area contributed by atoms with E-state index in [0.29, 0.717) is 29.3 Å². The number of aryl methyl sites for hydroxylation is 3. The van der Waals surface area contributed by atoms with Gasteiger partial charge in [0.05, 0.1) is 10.9 Å². The summed E-state index contributed by atoms with van der Waals surface area (Å²) in [5.41, 5.74) is 8.98. The number of amides is 2. The normalized spacial score (nSPS) is 10.9. The largest absolute Gasteiger partial charge is 0.318 e. The fourth-order valence-corrected chi connectivity index (χ4v) is 4.16. The molecular formula is C26H27N5O3. The van der Waals surface area contributed by atoms with Crippen molar-refractivity contribution in [1.29, 1.82) is 0 Å². The van der Waals surface area contributed by atoms with Crippen LogP contribution in [0.4, 0.5) is 0 Å². The molecule has 0 aliphatic carbocycles. The summed E-state index contributed by atoms with van der Waals surface area (Å²) in [6.07, 6.45) is 0.694. The number of rotatable bonds is 5. The van der Waals surface area contributed by atoms with Crippen LogP contribution >= 0.6 is 0 Å². The van der Waals surface area contributed by atoms with Crippen LogP contribution in [0.2, 0.25) is 0 Å². The SMILES string of the molecule is CCCn1nc(C(=O)NNC(=O)c2cc(C)n(-c3cccc(C)c3)c2C)c2ccccc2c1=O. The van der Waals surface area contributed by atoms with E-state index in [1.54, 1.807) is 30.3 Å². The summed E-state index contributed by atoms with van der Waals surface area (Å²) >= 11 is 0. The lowest BCUT2D eigenvalue weighted by Crippen LogP contribution is -2.43. The third-order valence-corrected chi connectivity index (χ3v) is 5.74. The number of hydrogen-bond acceptors (Lipinski definition) is 4. The van der Waals surface area contributed by atoms with Crippen molar-refractivity contribution in [3.05, 3.63) is 93.2 Å². The third kappa shape index (κ3) is 4.22. The molecule has 4 aromatic rings. The van der Waals surface area contributed by atoms with Crippen LogP contribution in [0.1, 0.15) is 51.1 Å². The standard InChI is InChI=1S/C26H27N5O3/c1-5-13-30-26(34)21-12-7-6-11-20(21)23(29-30)25(33)28-27-24(32)22-15-17(3)31(18(22)4)19-10-8-9-16(2)14-19/h6-12,14-15H,5,13H2,1-4H3,(H,27,32)(H,28,33). The van der Waals surface area contributed by atoms with Gasteiger partial charge in [0, 0.05) is 29.0 Å². The molecule has 34 heavy (non-hydrogen) atoms. The fraction of sp³-hybridized carbons (Fsp3) is 0.231. The highest BCUT2D eigenvalue weighted by molar-refractivity contribution is 6.06. The number of carbonyl (C=O) groups is 2. The Morgan fingerprint density at radius 2 is 1.62 bits per heavy atom. The Labute approximate surface area is 197 Å². The van der Waals surface area contributed by atoms with Gasteiger partial charge in [-0.15, -0.1) is 0 Å². The van der Waals surface area contributed by atoms with Crippen LogP contribution in [0.25, 0.3) is 16.5 Å². The second-order valence-corrected chi connectivity index (χ2v) is 8.29. The van der Waals surface area contributed by atoms with Crippen LogP contribution in [0.5, 0.6) is 0 Å². The summed E-state index contributed by atoms with van der Waals surface area (Å²) in [7, 11) is 0. The molecule has 4 rings (SSSR count). The predicted octanol–water partition coefficient (Wildman–Crippen LogP) is 3.60. The second kappa shape index (κ2) is 9.35. The Kier molecular flexibility index (Phi) is 6.32. The van der Waals surface area contributed by atoms with Crippen molar-refractivity contribution in [2.75, 3.05) is 0 Å². The van der Waals surface area contributed by atoms with E-state index >= 15 is 0 Å². The lowest BCUT2D eigenvalue weighted by Gasteiger charge is -2.12. The highest BCUT2D eigenvalue weighted by Gasteiger charge is 2.20. The number of carbonyl (C=O) groups excluding carboxylic acids is 2. The maximum Gasteiger partial charge on any atom is 0.290 e. The third-order valence-electron chi connectivity index (χ3n) is 5.74. The average molecular weight is 458 g/mol. The van der Waals surface area contributed by atoms with Crippen molar-refractivity contribution in [2.45, 2.75) is 40.7 Å². The van der Waals surface area contributed by atoms with Crippen LogP contribution in [-0.4, -0.2) is 26.2 Å². The molecule has 0 radical (unpaired) electrons. The Morgan fingerprint density at radius 3 is 2.32 bits per heavy atom. The molecule has 0 saturated heterocycles. The molecule has 174 valence electrons. The average Bonchev–Trinajstić information content (AvgIpc) is 3.13. The van der Waals surface area contributed by atoms with Gasteiger partial charge >= 0.3 is 0 Å². The first kappa shape index (κ1) is 23.0. The van der Waals surface area contributed by atoms with E-state index in [1.807, 2.05) is 56.5 Å². The number of fused-ring (bicyclic) bond motifs is 1. The van der Waals surface area contributed by atoms with Crippen molar-refractivity contribution in [2.24, 2.45) is 0 Å². The minimum absolute atomic E-state index is 0.0779. The molecule has 0 atom stereocenters. The first-order valence-electron chi connectivity index (χ1n) is 11.2. The Balaban J connectivity index is 1.60. The molecule has 0 bridgehead atoms. The van der Waals surface area contributed by atoms with Gasteiger partial charge in [0.15, 0.2) is 5.69 Å². The molecule has 2 aromatic heterocycles.